The maximum atomic E-state index is 12.4. The van der Waals surface area contributed by atoms with Gasteiger partial charge in [0.1, 0.15) is 0 Å². The van der Waals surface area contributed by atoms with Gasteiger partial charge in [-0.15, -0.1) is 0 Å². The zero-order valence-electron chi connectivity index (χ0n) is 12.3. The first kappa shape index (κ1) is 18.1. The standard InChI is InChI=1S/C15H18F6N2/c16-14(17,18)10-23-6-5-12(9-23)8-22-7-11-1-3-13(4-2-11)15(19,20)21/h1-4,12,22H,5-10H2. The van der Waals surface area contributed by atoms with Crippen LogP contribution in [0.1, 0.15) is 17.5 Å². The summed E-state index contributed by atoms with van der Waals surface area (Å²) in [5.74, 6) is 0.131. The molecular weight excluding hydrogens is 322 g/mol. The third-order valence-electron chi connectivity index (χ3n) is 3.82. The van der Waals surface area contributed by atoms with Crippen molar-refractivity contribution >= 4 is 0 Å². The van der Waals surface area contributed by atoms with Crippen LogP contribution in [0.15, 0.2) is 24.3 Å². The molecule has 1 aromatic rings. The molecule has 1 unspecified atom stereocenters. The Morgan fingerprint density at radius 3 is 2.26 bits per heavy atom. The SMILES string of the molecule is FC(F)(F)CN1CCC(CNCc2ccc(C(F)(F)F)cc2)C1. The van der Waals surface area contributed by atoms with Crippen molar-refractivity contribution in [1.82, 2.24) is 10.2 Å². The second-order valence-electron chi connectivity index (χ2n) is 5.83. The van der Waals surface area contributed by atoms with Crippen LogP contribution in [0.2, 0.25) is 0 Å². The summed E-state index contributed by atoms with van der Waals surface area (Å²) in [5.41, 5.74) is 0.0166. The van der Waals surface area contributed by atoms with Crippen LogP contribution in [0.4, 0.5) is 26.3 Å². The first-order valence-corrected chi connectivity index (χ1v) is 7.29. The first-order chi connectivity index (χ1) is 10.6. The van der Waals surface area contributed by atoms with Gasteiger partial charge in [-0.2, -0.15) is 26.3 Å². The predicted molar refractivity (Wildman–Crippen MR) is 73.8 cm³/mol. The normalized spacial score (nSPS) is 20.2. The maximum absolute atomic E-state index is 12.4. The van der Waals surface area contributed by atoms with Gasteiger partial charge in [-0.1, -0.05) is 12.1 Å². The van der Waals surface area contributed by atoms with Crippen LogP contribution in [0, 0.1) is 5.92 Å². The Kier molecular flexibility index (Phi) is 5.57. The minimum Gasteiger partial charge on any atom is -0.312 e. The van der Waals surface area contributed by atoms with Crippen molar-refractivity contribution in [3.8, 4) is 0 Å². The van der Waals surface area contributed by atoms with E-state index in [1.807, 2.05) is 0 Å². The number of likely N-dealkylation sites (tertiary alicyclic amines) is 1. The maximum Gasteiger partial charge on any atom is 0.416 e. The summed E-state index contributed by atoms with van der Waals surface area (Å²) < 4.78 is 74.2. The summed E-state index contributed by atoms with van der Waals surface area (Å²) in [6.45, 7) is 0.872. The van der Waals surface area contributed by atoms with Gasteiger partial charge in [-0.05, 0) is 43.1 Å². The molecule has 23 heavy (non-hydrogen) atoms. The Morgan fingerprint density at radius 1 is 1.04 bits per heavy atom. The lowest BCUT2D eigenvalue weighted by atomic mass is 10.1. The monoisotopic (exact) mass is 340 g/mol. The van der Waals surface area contributed by atoms with Crippen LogP contribution in [-0.4, -0.2) is 37.3 Å². The molecule has 1 N–H and O–H groups in total. The molecular formula is C15H18F6N2. The fraction of sp³-hybridized carbons (Fsp3) is 0.600. The Hall–Kier alpha value is -1.28. The molecule has 2 nitrogen and oxygen atoms in total. The molecule has 130 valence electrons. The zero-order valence-corrected chi connectivity index (χ0v) is 12.3. The van der Waals surface area contributed by atoms with E-state index in [1.165, 1.54) is 17.0 Å². The number of halogens is 6. The summed E-state index contributed by atoms with van der Waals surface area (Å²) in [4.78, 5) is 1.38. The number of hydrogen-bond donors (Lipinski definition) is 1. The second-order valence-corrected chi connectivity index (χ2v) is 5.83. The summed E-state index contributed by atoms with van der Waals surface area (Å²) in [6.07, 6.45) is -7.84. The largest absolute Gasteiger partial charge is 0.416 e. The van der Waals surface area contributed by atoms with Crippen molar-refractivity contribution in [3.63, 3.8) is 0 Å². The highest BCUT2D eigenvalue weighted by molar-refractivity contribution is 5.24. The second kappa shape index (κ2) is 7.09. The lowest BCUT2D eigenvalue weighted by Gasteiger charge is -2.18. The van der Waals surface area contributed by atoms with Crippen LogP contribution >= 0.6 is 0 Å². The van der Waals surface area contributed by atoms with Gasteiger partial charge in [0.2, 0.25) is 0 Å². The molecule has 1 aliphatic heterocycles. The highest BCUT2D eigenvalue weighted by atomic mass is 19.4. The number of nitrogens with one attached hydrogen (secondary N) is 1. The van der Waals surface area contributed by atoms with Gasteiger partial charge >= 0.3 is 12.4 Å². The smallest absolute Gasteiger partial charge is 0.312 e. The summed E-state index contributed by atoms with van der Waals surface area (Å²) >= 11 is 0. The quantitative estimate of drug-likeness (QED) is 0.823. The average Bonchev–Trinajstić information content (AvgIpc) is 2.83. The van der Waals surface area contributed by atoms with Crippen molar-refractivity contribution in [2.45, 2.75) is 25.3 Å². The van der Waals surface area contributed by atoms with Crippen LogP contribution < -0.4 is 5.32 Å². The molecule has 2 rings (SSSR count). The molecule has 0 aromatic heterocycles. The highest BCUT2D eigenvalue weighted by Gasteiger charge is 2.34. The number of benzene rings is 1. The van der Waals surface area contributed by atoms with Crippen molar-refractivity contribution in [2.75, 3.05) is 26.2 Å². The van der Waals surface area contributed by atoms with Crippen molar-refractivity contribution in [1.29, 1.82) is 0 Å². The molecule has 1 atom stereocenters. The Bertz CT molecular complexity index is 494. The van der Waals surface area contributed by atoms with Crippen LogP contribution in [0.25, 0.3) is 0 Å². The van der Waals surface area contributed by atoms with Crippen molar-refractivity contribution in [2.24, 2.45) is 5.92 Å². The lowest BCUT2D eigenvalue weighted by molar-refractivity contribution is -0.143. The molecule has 1 saturated heterocycles. The Balaban J connectivity index is 1.72. The van der Waals surface area contributed by atoms with Gasteiger partial charge in [0.25, 0.3) is 0 Å². The highest BCUT2D eigenvalue weighted by Crippen LogP contribution is 2.29. The third-order valence-corrected chi connectivity index (χ3v) is 3.82. The van der Waals surface area contributed by atoms with Crippen molar-refractivity contribution < 1.29 is 26.3 Å². The number of hydrogen-bond acceptors (Lipinski definition) is 2. The fourth-order valence-corrected chi connectivity index (χ4v) is 2.71. The van der Waals surface area contributed by atoms with Gasteiger partial charge in [-0.3, -0.25) is 4.90 Å². The van der Waals surface area contributed by atoms with E-state index in [0.717, 1.165) is 12.1 Å². The fourth-order valence-electron chi connectivity index (χ4n) is 2.71. The molecule has 8 heteroatoms. The van der Waals surface area contributed by atoms with E-state index >= 15 is 0 Å². The van der Waals surface area contributed by atoms with E-state index in [0.29, 0.717) is 38.2 Å². The summed E-state index contributed by atoms with van der Waals surface area (Å²) in [7, 11) is 0. The minimum atomic E-state index is -4.35. The molecule has 1 heterocycles. The van der Waals surface area contributed by atoms with E-state index in [4.69, 9.17) is 0 Å². The van der Waals surface area contributed by atoms with Crippen molar-refractivity contribution in [3.05, 3.63) is 35.4 Å². The predicted octanol–water partition coefficient (Wildman–Crippen LogP) is 3.68. The average molecular weight is 340 g/mol. The van der Waals surface area contributed by atoms with Gasteiger partial charge in [0, 0.05) is 13.1 Å². The van der Waals surface area contributed by atoms with Gasteiger partial charge in [0.15, 0.2) is 0 Å². The Morgan fingerprint density at radius 2 is 1.70 bits per heavy atom. The number of nitrogens with zero attached hydrogens (tertiary/aromatic N) is 1. The topological polar surface area (TPSA) is 15.3 Å². The van der Waals surface area contributed by atoms with E-state index in [9.17, 15) is 26.3 Å². The first-order valence-electron chi connectivity index (χ1n) is 7.29. The molecule has 0 saturated carbocycles. The molecule has 0 aliphatic carbocycles. The van der Waals surface area contributed by atoms with Gasteiger partial charge < -0.3 is 5.32 Å². The molecule has 1 aromatic carbocycles. The lowest BCUT2D eigenvalue weighted by Crippen LogP contribution is -2.33. The van der Waals surface area contributed by atoms with E-state index < -0.39 is 24.5 Å². The molecule has 1 aliphatic rings. The molecule has 0 spiro atoms. The molecule has 0 amide bonds. The zero-order chi connectivity index (χ0) is 17.1. The minimum absolute atomic E-state index is 0.131. The third kappa shape index (κ3) is 6.02. The van der Waals surface area contributed by atoms with E-state index in [-0.39, 0.29) is 5.92 Å². The Labute approximate surface area is 130 Å². The number of alkyl halides is 6. The van der Waals surface area contributed by atoms with Crippen LogP contribution in [-0.2, 0) is 12.7 Å². The molecule has 1 fully saturated rings. The molecule has 0 bridgehead atoms. The van der Waals surface area contributed by atoms with Gasteiger partial charge in [-0.25, -0.2) is 0 Å². The summed E-state index contributed by atoms with van der Waals surface area (Å²) in [6, 6.07) is 4.86. The van der Waals surface area contributed by atoms with Crippen LogP contribution in [0.5, 0.6) is 0 Å². The molecule has 0 radical (unpaired) electrons. The summed E-state index contributed by atoms with van der Waals surface area (Å²) in [5, 5.41) is 3.10. The van der Waals surface area contributed by atoms with Gasteiger partial charge in [0.05, 0.1) is 12.1 Å². The number of rotatable bonds is 5. The van der Waals surface area contributed by atoms with Crippen LogP contribution in [0.3, 0.4) is 0 Å². The van der Waals surface area contributed by atoms with E-state index in [1.54, 1.807) is 0 Å². The van der Waals surface area contributed by atoms with E-state index in [2.05, 4.69) is 5.32 Å².